The molecule has 0 aromatic rings. The van der Waals surface area contributed by atoms with Crippen LogP contribution in [0.15, 0.2) is 12.2 Å². The molecule has 216 valence electrons. The Morgan fingerprint density at radius 1 is 0.583 bits per heavy atom. The van der Waals surface area contributed by atoms with Gasteiger partial charge >= 0.3 is 133 Å². The van der Waals surface area contributed by atoms with Gasteiger partial charge in [0.25, 0.3) is 0 Å². The van der Waals surface area contributed by atoms with E-state index in [4.69, 9.17) is 9.05 Å². The van der Waals surface area contributed by atoms with Gasteiger partial charge in [0.1, 0.15) is 0 Å². The average Bonchev–Trinajstić information content (AvgIpc) is 2.87. The Labute approximate surface area is 228 Å². The first-order valence-electron chi connectivity index (χ1n) is 15.6. The summed E-state index contributed by atoms with van der Waals surface area (Å²) in [5.74, 6) is 0. The van der Waals surface area contributed by atoms with Gasteiger partial charge in [-0.15, -0.1) is 0 Å². The van der Waals surface area contributed by atoms with Crippen molar-refractivity contribution in [2.24, 2.45) is 0 Å². The monoisotopic (exact) mass is 593 g/mol. The zero-order valence-electron chi connectivity index (χ0n) is 24.7. The minimum atomic E-state index is -3.88. The van der Waals surface area contributed by atoms with Gasteiger partial charge in [0.2, 0.25) is 0 Å². The van der Waals surface area contributed by atoms with Crippen LogP contribution >= 0.6 is 7.82 Å². The molecule has 0 aliphatic heterocycles. The maximum absolute atomic E-state index is 12.1. The van der Waals surface area contributed by atoms with Crippen LogP contribution in [0.2, 0.25) is 20.8 Å². The summed E-state index contributed by atoms with van der Waals surface area (Å²) in [5, 5.41) is 4.69. The summed E-state index contributed by atoms with van der Waals surface area (Å²) in [5.41, 5.74) is 0. The number of rotatable bonds is 28. The van der Waals surface area contributed by atoms with Crippen molar-refractivity contribution in [2.45, 2.75) is 164 Å². The van der Waals surface area contributed by atoms with Crippen molar-refractivity contribution >= 4 is 21.4 Å². The molecule has 0 saturated heterocycles. The zero-order valence-corrected chi connectivity index (χ0v) is 27.5. The van der Waals surface area contributed by atoms with E-state index in [1.807, 2.05) is 0 Å². The van der Waals surface area contributed by atoms with Gasteiger partial charge in [-0.05, 0) is 25.7 Å². The van der Waals surface area contributed by atoms with Crippen LogP contribution in [-0.4, -0.2) is 31.7 Å². The molecular weight excluding hydrogens is 530 g/mol. The normalized spacial score (nSPS) is 14.0. The second-order valence-corrected chi connectivity index (χ2v) is 22.5. The van der Waals surface area contributed by atoms with Gasteiger partial charge < -0.3 is 0 Å². The third kappa shape index (κ3) is 22.4. The van der Waals surface area contributed by atoms with Gasteiger partial charge in [0.15, 0.2) is 0 Å². The summed E-state index contributed by atoms with van der Waals surface area (Å²) < 4.78 is 22.5. The predicted molar refractivity (Wildman–Crippen MR) is 162 cm³/mol. The van der Waals surface area contributed by atoms with Crippen LogP contribution < -0.4 is 0 Å². The van der Waals surface area contributed by atoms with Gasteiger partial charge in [-0.25, -0.2) is 0 Å². The average molecular weight is 594 g/mol. The number of hydrogen-bond acceptors (Lipinski definition) is 3. The van der Waals surface area contributed by atoms with E-state index in [9.17, 15) is 9.46 Å². The molecule has 1 atom stereocenters. The van der Waals surface area contributed by atoms with Crippen LogP contribution in [0.3, 0.4) is 0 Å². The maximum atomic E-state index is 12.1. The van der Waals surface area contributed by atoms with Crippen molar-refractivity contribution in [1.29, 1.82) is 0 Å². The van der Waals surface area contributed by atoms with Crippen LogP contribution in [0.25, 0.3) is 0 Å². The minimum absolute atomic E-state index is 0.321. The Hall–Kier alpha value is 0.408. The van der Waals surface area contributed by atoms with Crippen molar-refractivity contribution in [2.75, 3.05) is 13.2 Å². The second kappa shape index (κ2) is 25.7. The van der Waals surface area contributed by atoms with Crippen LogP contribution in [-0.2, 0) is 13.6 Å². The van der Waals surface area contributed by atoms with Crippen molar-refractivity contribution in [3.63, 3.8) is 0 Å². The van der Waals surface area contributed by atoms with Crippen LogP contribution in [0.4, 0.5) is 0 Å². The fourth-order valence-corrected chi connectivity index (χ4v) is 11.6. The quantitative estimate of drug-likeness (QED) is 0.0424. The van der Waals surface area contributed by atoms with Gasteiger partial charge in [0.05, 0.1) is 0 Å². The Balaban J connectivity index is 3.43. The topological polar surface area (TPSA) is 55.8 Å². The molecule has 0 bridgehead atoms. The first-order valence-corrected chi connectivity index (χ1v) is 22.4. The molecule has 36 heavy (non-hydrogen) atoms. The van der Waals surface area contributed by atoms with E-state index in [0.717, 1.165) is 18.1 Å². The molecule has 0 heterocycles. The van der Waals surface area contributed by atoms with Gasteiger partial charge in [-0.3, -0.25) is 0 Å². The summed E-state index contributed by atoms with van der Waals surface area (Å²) in [6, 6.07) is 0. The molecular formula is C30H63AsO4P+. The fourth-order valence-electron chi connectivity index (χ4n) is 4.77. The SMILES string of the molecule is CCCCCCCC/C=C\CCCCCCCCCCCCOP(=O)(O)OCC[As+](CC)(CC)CC. The number of hydrogen-bond donors (Lipinski definition) is 1. The zero-order chi connectivity index (χ0) is 26.8. The van der Waals surface area contributed by atoms with Crippen molar-refractivity contribution in [1.82, 2.24) is 0 Å². The molecule has 0 spiro atoms. The molecule has 0 aliphatic rings. The molecule has 1 N–H and O–H groups in total. The summed E-state index contributed by atoms with van der Waals surface area (Å²) in [6.07, 6.45) is 28.0. The van der Waals surface area contributed by atoms with Crippen LogP contribution in [0, 0.1) is 0 Å². The Bertz CT molecular complexity index is 529. The predicted octanol–water partition coefficient (Wildman–Crippen LogP) is 11.2. The van der Waals surface area contributed by atoms with Crippen molar-refractivity contribution in [3.8, 4) is 0 Å². The molecule has 0 aliphatic carbocycles. The van der Waals surface area contributed by atoms with E-state index >= 15 is 0 Å². The number of phosphoric acid groups is 1. The van der Waals surface area contributed by atoms with E-state index in [1.54, 1.807) is 0 Å². The third-order valence-electron chi connectivity index (χ3n) is 7.74. The van der Waals surface area contributed by atoms with Crippen LogP contribution in [0.5, 0.6) is 0 Å². The Kier molecular flexibility index (Phi) is 26.0. The van der Waals surface area contributed by atoms with Gasteiger partial charge in [-0.2, -0.15) is 0 Å². The molecule has 0 aromatic carbocycles. The standard InChI is InChI=1S/C30H62AsO4P/c1-5-9-10-11-12-13-14-15-16-17-18-19-20-21-22-23-24-25-26-27-29-34-36(32,33)35-30-28-31(6-2,7-3)8-4/h15-16H,5-14,17-30H2,1-4H3/p+1/b16-15-. The molecule has 0 radical (unpaired) electrons. The molecule has 4 nitrogen and oxygen atoms in total. The van der Waals surface area contributed by atoms with E-state index in [-0.39, 0.29) is 0 Å². The third-order valence-corrected chi connectivity index (χ3v) is 19.6. The summed E-state index contributed by atoms with van der Waals surface area (Å²) >= 11 is -1.68. The summed E-state index contributed by atoms with van der Waals surface area (Å²) in [4.78, 5) is 9.91. The first-order chi connectivity index (χ1) is 17.4. The van der Waals surface area contributed by atoms with E-state index < -0.39 is 21.4 Å². The molecule has 0 fully saturated rings. The Morgan fingerprint density at radius 2 is 0.972 bits per heavy atom. The molecule has 6 heteroatoms. The summed E-state index contributed by atoms with van der Waals surface area (Å²) in [6.45, 7) is 9.74. The molecule has 1 unspecified atom stereocenters. The molecule has 0 amide bonds. The van der Waals surface area contributed by atoms with Crippen LogP contribution in [0.1, 0.15) is 143 Å². The number of allylic oxidation sites excluding steroid dienone is 2. The van der Waals surface area contributed by atoms with E-state index in [2.05, 4.69) is 39.8 Å². The van der Waals surface area contributed by atoms with Crippen molar-refractivity contribution < 1.29 is 18.5 Å². The summed E-state index contributed by atoms with van der Waals surface area (Å²) in [7, 11) is -3.88. The first kappa shape index (κ1) is 36.4. The molecule has 0 aromatic heterocycles. The molecule has 0 saturated carbocycles. The van der Waals surface area contributed by atoms with Crippen molar-refractivity contribution in [3.05, 3.63) is 12.2 Å². The Morgan fingerprint density at radius 3 is 1.42 bits per heavy atom. The number of phosphoric ester groups is 1. The van der Waals surface area contributed by atoms with Gasteiger partial charge in [-0.1, -0.05) is 70.4 Å². The van der Waals surface area contributed by atoms with E-state index in [0.29, 0.717) is 13.2 Å². The second-order valence-electron chi connectivity index (χ2n) is 10.5. The van der Waals surface area contributed by atoms with E-state index in [1.165, 1.54) is 118 Å². The number of unbranched alkanes of at least 4 members (excludes halogenated alkanes) is 16. The molecule has 0 rings (SSSR count). The van der Waals surface area contributed by atoms with Gasteiger partial charge in [0, 0.05) is 0 Å². The fraction of sp³-hybridized carbons (Fsp3) is 0.933.